The van der Waals surface area contributed by atoms with Gasteiger partial charge in [-0.1, -0.05) is 0 Å². The van der Waals surface area contributed by atoms with E-state index in [1.54, 1.807) is 20.8 Å². The lowest BCUT2D eigenvalue weighted by molar-refractivity contribution is -0.143. The molecule has 6 heteroatoms. The molecule has 1 saturated carbocycles. The van der Waals surface area contributed by atoms with Gasteiger partial charge in [0.05, 0.1) is 11.7 Å². The summed E-state index contributed by atoms with van der Waals surface area (Å²) < 4.78 is 10.7. The normalized spacial score (nSPS) is 26.7. The van der Waals surface area contributed by atoms with Crippen molar-refractivity contribution in [2.45, 2.75) is 70.8 Å². The molecule has 0 bridgehead atoms. The largest absolute Gasteiger partial charge is 0.479 e. The van der Waals surface area contributed by atoms with Crippen molar-refractivity contribution >= 4 is 12.1 Å². The Morgan fingerprint density at radius 1 is 1.16 bits per heavy atom. The molecule has 0 aliphatic heterocycles. The van der Waals surface area contributed by atoms with Crippen LogP contribution < -0.4 is 5.32 Å². The fourth-order valence-electron chi connectivity index (χ4n) is 1.70. The van der Waals surface area contributed by atoms with E-state index >= 15 is 0 Å². The molecule has 110 valence electrons. The molecule has 6 nitrogen and oxygen atoms in total. The van der Waals surface area contributed by atoms with Gasteiger partial charge in [0.2, 0.25) is 0 Å². The van der Waals surface area contributed by atoms with Crippen LogP contribution in [0.15, 0.2) is 0 Å². The number of carbonyl (C=O) groups is 2. The number of carboxylic acid groups (broad SMARTS) is 1. The first-order chi connectivity index (χ1) is 8.36. The Kier molecular flexibility index (Phi) is 3.87. The fourth-order valence-corrected chi connectivity index (χ4v) is 1.70. The molecule has 0 spiro atoms. The van der Waals surface area contributed by atoms with Gasteiger partial charge in [0.15, 0.2) is 5.54 Å². The van der Waals surface area contributed by atoms with Gasteiger partial charge in [-0.25, -0.2) is 9.59 Å². The highest BCUT2D eigenvalue weighted by molar-refractivity contribution is 5.89. The number of nitrogens with one attached hydrogen (secondary N) is 1. The summed E-state index contributed by atoms with van der Waals surface area (Å²) >= 11 is 0. The molecule has 1 aliphatic carbocycles. The minimum atomic E-state index is -1.37. The Morgan fingerprint density at radius 2 is 1.68 bits per heavy atom. The number of carbonyl (C=O) groups excluding carboxylic acids is 1. The van der Waals surface area contributed by atoms with E-state index in [1.165, 1.54) is 0 Å². The van der Waals surface area contributed by atoms with Crippen LogP contribution in [0.3, 0.4) is 0 Å². The summed E-state index contributed by atoms with van der Waals surface area (Å²) in [6.45, 7) is 10.7. The van der Waals surface area contributed by atoms with Gasteiger partial charge in [-0.05, 0) is 41.5 Å². The van der Waals surface area contributed by atoms with E-state index in [9.17, 15) is 14.7 Å². The van der Waals surface area contributed by atoms with Crippen molar-refractivity contribution in [3.05, 3.63) is 0 Å². The summed E-state index contributed by atoms with van der Waals surface area (Å²) in [4.78, 5) is 23.0. The zero-order valence-electron chi connectivity index (χ0n) is 12.4. The van der Waals surface area contributed by atoms with E-state index in [0.29, 0.717) is 0 Å². The molecule has 0 saturated heterocycles. The van der Waals surface area contributed by atoms with E-state index in [4.69, 9.17) is 9.47 Å². The van der Waals surface area contributed by atoms with Crippen LogP contribution in [-0.4, -0.2) is 40.0 Å². The SMILES string of the molecule is CC(C)(C)OC(=O)NC1(C(=O)O)CC1OC(C)(C)C. The molecule has 1 aliphatic rings. The van der Waals surface area contributed by atoms with E-state index in [0.717, 1.165) is 0 Å². The van der Waals surface area contributed by atoms with Crippen molar-refractivity contribution in [2.24, 2.45) is 0 Å². The first-order valence-corrected chi connectivity index (χ1v) is 6.28. The van der Waals surface area contributed by atoms with Crippen LogP contribution >= 0.6 is 0 Å². The first-order valence-electron chi connectivity index (χ1n) is 6.28. The molecule has 1 fully saturated rings. The standard InChI is InChI=1S/C13H23NO5/c1-11(2,3)18-8-7-13(8,9(15)16)14-10(17)19-12(4,5)6/h8H,7H2,1-6H3,(H,14,17)(H,15,16). The van der Waals surface area contributed by atoms with Crippen LogP contribution in [-0.2, 0) is 14.3 Å². The summed E-state index contributed by atoms with van der Waals surface area (Å²) in [6.07, 6.45) is -1.02. The molecule has 19 heavy (non-hydrogen) atoms. The third-order valence-electron chi connectivity index (χ3n) is 2.50. The molecule has 0 aromatic heterocycles. The average molecular weight is 273 g/mol. The predicted molar refractivity (Wildman–Crippen MR) is 69.0 cm³/mol. The lowest BCUT2D eigenvalue weighted by atomic mass is 10.2. The maximum Gasteiger partial charge on any atom is 0.408 e. The predicted octanol–water partition coefficient (Wildman–Crippen LogP) is 1.92. The number of hydrogen-bond acceptors (Lipinski definition) is 4. The number of carboxylic acids is 1. The summed E-state index contributed by atoms with van der Waals surface area (Å²) in [6, 6.07) is 0. The molecular weight excluding hydrogens is 250 g/mol. The average Bonchev–Trinajstić information content (AvgIpc) is 2.71. The van der Waals surface area contributed by atoms with Crippen LogP contribution in [0.25, 0.3) is 0 Å². The van der Waals surface area contributed by atoms with E-state index < -0.39 is 34.9 Å². The Balaban J connectivity index is 2.67. The Morgan fingerprint density at radius 3 is 2.05 bits per heavy atom. The number of rotatable bonds is 3. The third-order valence-corrected chi connectivity index (χ3v) is 2.50. The van der Waals surface area contributed by atoms with Gasteiger partial charge >= 0.3 is 12.1 Å². The molecule has 1 rings (SSSR count). The van der Waals surface area contributed by atoms with Crippen LogP contribution in [0.4, 0.5) is 4.79 Å². The zero-order valence-corrected chi connectivity index (χ0v) is 12.4. The monoisotopic (exact) mass is 273 g/mol. The number of hydrogen-bond donors (Lipinski definition) is 2. The van der Waals surface area contributed by atoms with Crippen molar-refractivity contribution < 1.29 is 24.2 Å². The summed E-state index contributed by atoms with van der Waals surface area (Å²) in [7, 11) is 0. The second-order valence-electron chi connectivity index (χ2n) is 6.83. The van der Waals surface area contributed by atoms with Gasteiger partial charge in [0, 0.05) is 6.42 Å². The molecule has 0 aromatic carbocycles. The van der Waals surface area contributed by atoms with Crippen LogP contribution in [0.5, 0.6) is 0 Å². The fraction of sp³-hybridized carbons (Fsp3) is 0.846. The van der Waals surface area contributed by atoms with Crippen LogP contribution in [0, 0.1) is 0 Å². The van der Waals surface area contributed by atoms with Gasteiger partial charge in [0.1, 0.15) is 5.60 Å². The maximum atomic E-state index is 11.7. The number of amides is 1. The van der Waals surface area contributed by atoms with Crippen LogP contribution in [0.2, 0.25) is 0 Å². The molecule has 0 aromatic rings. The summed E-state index contributed by atoms with van der Waals surface area (Å²) in [5.41, 5.74) is -2.49. The Hall–Kier alpha value is -1.30. The van der Waals surface area contributed by atoms with Crippen molar-refractivity contribution in [2.75, 3.05) is 0 Å². The van der Waals surface area contributed by atoms with Crippen molar-refractivity contribution in [1.82, 2.24) is 5.32 Å². The first kappa shape index (κ1) is 15.8. The number of aliphatic carboxylic acids is 1. The Bertz CT molecular complexity index is 379. The number of ether oxygens (including phenoxy) is 2. The second kappa shape index (κ2) is 4.67. The lowest BCUT2D eigenvalue weighted by Crippen LogP contribution is -2.49. The highest BCUT2D eigenvalue weighted by Crippen LogP contribution is 2.42. The minimum absolute atomic E-state index is 0.249. The molecule has 2 N–H and O–H groups in total. The van der Waals surface area contributed by atoms with Gasteiger partial charge in [-0.2, -0.15) is 0 Å². The van der Waals surface area contributed by atoms with E-state index in [-0.39, 0.29) is 6.42 Å². The van der Waals surface area contributed by atoms with Gasteiger partial charge in [-0.15, -0.1) is 0 Å². The van der Waals surface area contributed by atoms with E-state index in [1.807, 2.05) is 20.8 Å². The lowest BCUT2D eigenvalue weighted by Gasteiger charge is -2.24. The van der Waals surface area contributed by atoms with Crippen molar-refractivity contribution in [3.63, 3.8) is 0 Å². The minimum Gasteiger partial charge on any atom is -0.479 e. The quantitative estimate of drug-likeness (QED) is 0.820. The molecular formula is C13H23NO5. The van der Waals surface area contributed by atoms with Crippen LogP contribution in [0.1, 0.15) is 48.0 Å². The number of alkyl carbamates (subject to hydrolysis) is 1. The molecule has 0 radical (unpaired) electrons. The van der Waals surface area contributed by atoms with Gasteiger partial charge in [-0.3, -0.25) is 0 Å². The van der Waals surface area contributed by atoms with Crippen molar-refractivity contribution in [3.8, 4) is 0 Å². The highest BCUT2D eigenvalue weighted by Gasteiger charge is 2.64. The summed E-state index contributed by atoms with van der Waals surface area (Å²) in [5, 5.41) is 11.7. The summed E-state index contributed by atoms with van der Waals surface area (Å²) in [5.74, 6) is -1.10. The second-order valence-corrected chi connectivity index (χ2v) is 6.83. The molecule has 1 amide bonds. The third kappa shape index (κ3) is 4.38. The van der Waals surface area contributed by atoms with Gasteiger partial charge < -0.3 is 19.9 Å². The topological polar surface area (TPSA) is 84.9 Å². The van der Waals surface area contributed by atoms with Gasteiger partial charge in [0.25, 0.3) is 0 Å². The molecule has 0 heterocycles. The highest BCUT2D eigenvalue weighted by atomic mass is 16.6. The molecule has 2 unspecified atom stereocenters. The Labute approximate surface area is 113 Å². The van der Waals surface area contributed by atoms with Crippen molar-refractivity contribution in [1.29, 1.82) is 0 Å². The maximum absolute atomic E-state index is 11.7. The zero-order chi connectivity index (χ0) is 15.1. The smallest absolute Gasteiger partial charge is 0.408 e. The van der Waals surface area contributed by atoms with E-state index in [2.05, 4.69) is 5.32 Å². The molecule has 2 atom stereocenters.